The number of aromatic amines is 1. The molecule has 7 heteroatoms. The van der Waals surface area contributed by atoms with E-state index in [9.17, 15) is 14.7 Å². The molecular formula is C25H20N4O3. The van der Waals surface area contributed by atoms with E-state index in [-0.39, 0.29) is 17.3 Å². The lowest BCUT2D eigenvalue weighted by Gasteiger charge is -2.22. The van der Waals surface area contributed by atoms with Gasteiger partial charge in [0.15, 0.2) is 0 Å². The van der Waals surface area contributed by atoms with Crippen molar-refractivity contribution in [2.45, 2.75) is 19.9 Å². The number of nitrogens with zero attached hydrogens (tertiary/aromatic N) is 3. The lowest BCUT2D eigenvalue weighted by atomic mass is 9.96. The molecule has 2 aromatic carbocycles. The maximum atomic E-state index is 13.2. The third-order valence-electron chi connectivity index (χ3n) is 5.62. The number of carbonyl (C=O) groups is 2. The molecule has 1 fully saturated rings. The molecule has 0 spiro atoms. The molecule has 158 valence electrons. The van der Waals surface area contributed by atoms with E-state index in [2.05, 4.69) is 15.0 Å². The van der Waals surface area contributed by atoms with Crippen molar-refractivity contribution in [1.82, 2.24) is 15.0 Å². The highest BCUT2D eigenvalue weighted by Gasteiger charge is 2.48. The molecule has 1 saturated heterocycles. The van der Waals surface area contributed by atoms with Crippen LogP contribution in [0.1, 0.15) is 28.3 Å². The van der Waals surface area contributed by atoms with Crippen molar-refractivity contribution in [3.8, 4) is 0 Å². The van der Waals surface area contributed by atoms with Crippen molar-refractivity contribution in [2.75, 3.05) is 4.90 Å². The van der Waals surface area contributed by atoms with Crippen LogP contribution >= 0.6 is 0 Å². The number of ketones is 1. The van der Waals surface area contributed by atoms with Gasteiger partial charge in [0, 0.05) is 18.0 Å². The minimum Gasteiger partial charge on any atom is -0.507 e. The summed E-state index contributed by atoms with van der Waals surface area (Å²) in [6.45, 7) is 3.89. The number of aryl methyl sites for hydroxylation is 2. The molecule has 1 aliphatic rings. The van der Waals surface area contributed by atoms with Crippen LogP contribution in [0.4, 0.5) is 5.95 Å². The Morgan fingerprint density at radius 1 is 1.03 bits per heavy atom. The molecule has 32 heavy (non-hydrogen) atoms. The average Bonchev–Trinajstić information content (AvgIpc) is 3.32. The second-order valence-electron chi connectivity index (χ2n) is 7.90. The van der Waals surface area contributed by atoms with E-state index < -0.39 is 17.7 Å². The molecular weight excluding hydrogens is 404 g/mol. The minimum atomic E-state index is -0.869. The number of nitrogens with one attached hydrogen (secondary N) is 1. The van der Waals surface area contributed by atoms with Gasteiger partial charge >= 0.3 is 5.91 Å². The molecule has 1 amide bonds. The number of imidazole rings is 1. The summed E-state index contributed by atoms with van der Waals surface area (Å²) in [5.41, 5.74) is 4.55. The molecule has 0 radical (unpaired) electrons. The van der Waals surface area contributed by atoms with Crippen molar-refractivity contribution in [3.63, 3.8) is 0 Å². The van der Waals surface area contributed by atoms with Gasteiger partial charge < -0.3 is 10.1 Å². The lowest BCUT2D eigenvalue weighted by molar-refractivity contribution is -0.132. The van der Waals surface area contributed by atoms with Gasteiger partial charge in [-0.1, -0.05) is 42.0 Å². The highest BCUT2D eigenvalue weighted by molar-refractivity contribution is 6.51. The molecule has 0 saturated carbocycles. The van der Waals surface area contributed by atoms with E-state index in [1.165, 1.54) is 4.90 Å². The number of aromatic nitrogens is 3. The number of hydrogen-bond donors (Lipinski definition) is 2. The Labute approximate surface area is 184 Å². The number of rotatable bonds is 3. The molecule has 1 unspecified atom stereocenters. The second-order valence-corrected chi connectivity index (χ2v) is 7.90. The van der Waals surface area contributed by atoms with Gasteiger partial charge in [0.05, 0.1) is 22.6 Å². The van der Waals surface area contributed by atoms with Crippen molar-refractivity contribution in [1.29, 1.82) is 0 Å². The van der Waals surface area contributed by atoms with Gasteiger partial charge in [-0.25, -0.2) is 4.98 Å². The highest BCUT2D eigenvalue weighted by atomic mass is 16.3. The summed E-state index contributed by atoms with van der Waals surface area (Å²) in [7, 11) is 0. The SMILES string of the molecule is Cc1ccc(/C(O)=C2\C(=O)C(=O)N(c3nc4ccc(C)cc4[nH]3)C2c2cccnc2)cc1. The third-order valence-corrected chi connectivity index (χ3v) is 5.62. The van der Waals surface area contributed by atoms with Crippen molar-refractivity contribution < 1.29 is 14.7 Å². The van der Waals surface area contributed by atoms with Crippen LogP contribution in [0, 0.1) is 13.8 Å². The number of pyridine rings is 1. The van der Waals surface area contributed by atoms with Gasteiger partial charge in [0.1, 0.15) is 5.76 Å². The quantitative estimate of drug-likeness (QED) is 0.292. The van der Waals surface area contributed by atoms with Gasteiger partial charge in [-0.05, 0) is 43.2 Å². The minimum absolute atomic E-state index is 0.00323. The van der Waals surface area contributed by atoms with Crippen molar-refractivity contribution in [2.24, 2.45) is 0 Å². The summed E-state index contributed by atoms with van der Waals surface area (Å²) in [6.07, 6.45) is 3.19. The fourth-order valence-corrected chi connectivity index (χ4v) is 4.00. The monoisotopic (exact) mass is 424 g/mol. The van der Waals surface area contributed by atoms with Gasteiger partial charge in [-0.2, -0.15) is 0 Å². The molecule has 2 N–H and O–H groups in total. The molecule has 1 atom stereocenters. The smallest absolute Gasteiger partial charge is 0.302 e. The van der Waals surface area contributed by atoms with E-state index in [1.807, 2.05) is 44.2 Å². The van der Waals surface area contributed by atoms with E-state index in [0.29, 0.717) is 16.6 Å². The lowest BCUT2D eigenvalue weighted by Crippen LogP contribution is -2.30. The first-order valence-electron chi connectivity index (χ1n) is 10.2. The third kappa shape index (κ3) is 3.15. The van der Waals surface area contributed by atoms with Crippen molar-refractivity contribution in [3.05, 3.63) is 94.8 Å². The second kappa shape index (κ2) is 7.46. The fourth-order valence-electron chi connectivity index (χ4n) is 4.00. The average molecular weight is 424 g/mol. The van der Waals surface area contributed by atoms with Crippen LogP contribution in [0.2, 0.25) is 0 Å². The topological polar surface area (TPSA) is 99.2 Å². The number of aliphatic hydroxyl groups excluding tert-OH is 1. The van der Waals surface area contributed by atoms with Crippen LogP contribution in [0.3, 0.4) is 0 Å². The van der Waals surface area contributed by atoms with E-state index >= 15 is 0 Å². The maximum absolute atomic E-state index is 13.2. The van der Waals surface area contributed by atoms with E-state index in [1.54, 1.807) is 36.7 Å². The van der Waals surface area contributed by atoms with Crippen LogP contribution in [-0.2, 0) is 9.59 Å². The normalized spacial score (nSPS) is 17.9. The molecule has 0 aliphatic carbocycles. The summed E-state index contributed by atoms with van der Waals surface area (Å²) < 4.78 is 0. The number of aliphatic hydroxyl groups is 1. The standard InChI is InChI=1S/C25H20N4O3/c1-14-5-8-16(9-6-14)22(30)20-21(17-4-3-11-26-13-17)29(24(32)23(20)31)25-27-18-10-7-15(2)12-19(18)28-25/h3-13,21,30H,1-2H3,(H,27,28)/b22-20+. The Hall–Kier alpha value is -4.26. The number of anilines is 1. The maximum Gasteiger partial charge on any atom is 0.302 e. The Kier molecular flexibility index (Phi) is 4.59. The molecule has 5 rings (SSSR count). The first kappa shape index (κ1) is 19.7. The molecule has 4 aromatic rings. The van der Waals surface area contributed by atoms with E-state index in [0.717, 1.165) is 16.6 Å². The first-order valence-corrected chi connectivity index (χ1v) is 10.2. The molecule has 2 aromatic heterocycles. The number of fused-ring (bicyclic) bond motifs is 1. The van der Waals surface area contributed by atoms with Crippen LogP contribution in [0.25, 0.3) is 16.8 Å². The van der Waals surface area contributed by atoms with Crippen LogP contribution in [0.15, 0.2) is 72.6 Å². The van der Waals surface area contributed by atoms with Crippen molar-refractivity contribution >= 4 is 34.4 Å². The van der Waals surface area contributed by atoms with Crippen LogP contribution in [0.5, 0.6) is 0 Å². The van der Waals surface area contributed by atoms with Gasteiger partial charge in [-0.15, -0.1) is 0 Å². The highest BCUT2D eigenvalue weighted by Crippen LogP contribution is 2.41. The van der Waals surface area contributed by atoms with Gasteiger partial charge in [0.2, 0.25) is 5.95 Å². The first-order chi connectivity index (χ1) is 15.4. The summed E-state index contributed by atoms with van der Waals surface area (Å²) in [4.78, 5) is 39.5. The summed E-state index contributed by atoms with van der Waals surface area (Å²) in [6, 6.07) is 15.5. The zero-order valence-corrected chi connectivity index (χ0v) is 17.5. The van der Waals surface area contributed by atoms with E-state index in [4.69, 9.17) is 0 Å². The zero-order chi connectivity index (χ0) is 22.4. The Morgan fingerprint density at radius 2 is 1.78 bits per heavy atom. The van der Waals surface area contributed by atoms with Crippen LogP contribution < -0.4 is 4.90 Å². The molecule has 0 bridgehead atoms. The number of Topliss-reactive ketones (excluding diaryl/α,β-unsaturated/α-hetero) is 1. The van der Waals surface area contributed by atoms with Crippen LogP contribution in [-0.4, -0.2) is 31.7 Å². The molecule has 7 nitrogen and oxygen atoms in total. The number of amides is 1. The Balaban J connectivity index is 1.72. The predicted octanol–water partition coefficient (Wildman–Crippen LogP) is 4.20. The fraction of sp³-hybridized carbons (Fsp3) is 0.120. The van der Waals surface area contributed by atoms with Gasteiger partial charge in [-0.3, -0.25) is 19.5 Å². The molecule has 3 heterocycles. The Morgan fingerprint density at radius 3 is 2.50 bits per heavy atom. The number of H-pyrrole nitrogens is 1. The summed E-state index contributed by atoms with van der Waals surface area (Å²) in [5.74, 6) is -1.52. The van der Waals surface area contributed by atoms with Gasteiger partial charge in [0.25, 0.3) is 5.78 Å². The summed E-state index contributed by atoms with van der Waals surface area (Å²) in [5, 5.41) is 11.1. The number of hydrogen-bond acceptors (Lipinski definition) is 5. The number of benzene rings is 2. The summed E-state index contributed by atoms with van der Waals surface area (Å²) >= 11 is 0. The number of carbonyl (C=O) groups excluding carboxylic acids is 2. The predicted molar refractivity (Wildman–Crippen MR) is 121 cm³/mol. The zero-order valence-electron chi connectivity index (χ0n) is 17.5. The largest absolute Gasteiger partial charge is 0.507 e. The Bertz CT molecular complexity index is 1390. The molecule has 1 aliphatic heterocycles.